The highest BCUT2D eigenvalue weighted by Gasteiger charge is 2.23. The molecule has 0 aliphatic heterocycles. The molecule has 0 spiro atoms. The van der Waals surface area contributed by atoms with Gasteiger partial charge in [-0.1, -0.05) is 28.1 Å². The predicted octanol–water partition coefficient (Wildman–Crippen LogP) is 2.07. The minimum Gasteiger partial charge on any atom is -0.352 e. The van der Waals surface area contributed by atoms with E-state index in [4.69, 9.17) is 5.73 Å². The summed E-state index contributed by atoms with van der Waals surface area (Å²) in [6, 6.07) is 9.20. The van der Waals surface area contributed by atoms with E-state index in [2.05, 4.69) is 15.9 Å². The molecule has 1 aromatic carbocycles. The van der Waals surface area contributed by atoms with Gasteiger partial charge in [0.05, 0.1) is 0 Å². The molecule has 2 aromatic rings. The van der Waals surface area contributed by atoms with Crippen molar-refractivity contribution >= 4 is 26.0 Å². The number of nitrogens with zero attached hydrogens (tertiary/aromatic N) is 2. The molecule has 21 heavy (non-hydrogen) atoms. The van der Waals surface area contributed by atoms with Gasteiger partial charge in [0.15, 0.2) is 0 Å². The topological polar surface area (TPSA) is 68.3 Å². The highest BCUT2D eigenvalue weighted by molar-refractivity contribution is 9.10. The van der Waals surface area contributed by atoms with Gasteiger partial charge in [-0.05, 0) is 23.8 Å². The number of halogens is 1. The molecule has 1 heterocycles. The molecule has 0 saturated heterocycles. The second-order valence-electron chi connectivity index (χ2n) is 4.87. The van der Waals surface area contributed by atoms with E-state index in [1.165, 1.54) is 4.31 Å². The van der Waals surface area contributed by atoms with E-state index in [0.717, 1.165) is 15.7 Å². The van der Waals surface area contributed by atoms with Crippen LogP contribution in [0.2, 0.25) is 0 Å². The number of hydrogen-bond acceptors (Lipinski definition) is 3. The Morgan fingerprint density at radius 1 is 1.29 bits per heavy atom. The number of hydrogen-bond donors (Lipinski definition) is 1. The highest BCUT2D eigenvalue weighted by Crippen LogP contribution is 2.20. The fourth-order valence-electron chi connectivity index (χ4n) is 2.03. The van der Waals surface area contributed by atoms with Crippen molar-refractivity contribution in [2.24, 2.45) is 12.8 Å². The molecule has 0 amide bonds. The van der Waals surface area contributed by atoms with Crippen molar-refractivity contribution in [3.8, 4) is 0 Å². The van der Waals surface area contributed by atoms with Crippen molar-refractivity contribution in [2.75, 3.05) is 7.05 Å². The summed E-state index contributed by atoms with van der Waals surface area (Å²) in [5, 5.41) is 0. The van der Waals surface area contributed by atoms with E-state index in [1.54, 1.807) is 30.9 Å². The Kier molecular flexibility index (Phi) is 4.88. The lowest BCUT2D eigenvalue weighted by atomic mass is 10.2. The molecule has 0 saturated carbocycles. The quantitative estimate of drug-likeness (QED) is 0.874. The van der Waals surface area contributed by atoms with Crippen molar-refractivity contribution in [2.45, 2.75) is 18.0 Å². The van der Waals surface area contributed by atoms with Crippen molar-refractivity contribution < 1.29 is 8.42 Å². The van der Waals surface area contributed by atoms with E-state index in [0.29, 0.717) is 13.1 Å². The van der Waals surface area contributed by atoms with Gasteiger partial charge < -0.3 is 10.3 Å². The lowest BCUT2D eigenvalue weighted by molar-refractivity contribution is 0.466. The van der Waals surface area contributed by atoms with Gasteiger partial charge in [0.2, 0.25) is 10.0 Å². The molecule has 0 aliphatic rings. The van der Waals surface area contributed by atoms with Crippen LogP contribution in [-0.2, 0) is 30.2 Å². The third-order valence-corrected chi connectivity index (χ3v) is 5.62. The molecule has 0 fully saturated rings. The Morgan fingerprint density at radius 2 is 1.90 bits per heavy atom. The van der Waals surface area contributed by atoms with Crippen LogP contribution >= 0.6 is 15.9 Å². The molecule has 0 bridgehead atoms. The van der Waals surface area contributed by atoms with Crippen LogP contribution in [-0.4, -0.2) is 24.3 Å². The Morgan fingerprint density at radius 3 is 2.43 bits per heavy atom. The molecule has 7 heteroatoms. The highest BCUT2D eigenvalue weighted by atomic mass is 79.9. The molecule has 114 valence electrons. The molecule has 0 aliphatic carbocycles. The number of rotatable bonds is 5. The first kappa shape index (κ1) is 16.2. The van der Waals surface area contributed by atoms with Crippen molar-refractivity contribution in [1.82, 2.24) is 8.87 Å². The number of aromatic nitrogens is 1. The number of nitrogens with two attached hydrogens (primary N) is 1. The van der Waals surface area contributed by atoms with Crippen LogP contribution in [0.4, 0.5) is 0 Å². The maximum Gasteiger partial charge on any atom is 0.244 e. The molecular formula is C14H18BrN3O2S. The SMILES string of the molecule is CN(Cc1ccc(Br)cc1)S(=O)(=O)c1cc(CN)n(C)c1. The number of benzene rings is 1. The standard InChI is InChI=1S/C14H18BrN3O2S/c1-17-10-14(7-13(17)8-16)21(19,20)18(2)9-11-3-5-12(15)6-4-11/h3-7,10H,8-9,16H2,1-2H3. The maximum absolute atomic E-state index is 12.5. The van der Waals surface area contributed by atoms with E-state index >= 15 is 0 Å². The van der Waals surface area contributed by atoms with Gasteiger partial charge in [-0.3, -0.25) is 0 Å². The molecule has 2 N–H and O–H groups in total. The zero-order valence-corrected chi connectivity index (χ0v) is 14.4. The molecule has 5 nitrogen and oxygen atoms in total. The summed E-state index contributed by atoms with van der Waals surface area (Å²) in [7, 11) is -0.150. The minimum atomic E-state index is -3.51. The first-order valence-electron chi connectivity index (χ1n) is 6.40. The van der Waals surface area contributed by atoms with Crippen molar-refractivity contribution in [3.05, 3.63) is 52.3 Å². The monoisotopic (exact) mass is 371 g/mol. The summed E-state index contributed by atoms with van der Waals surface area (Å²) >= 11 is 3.36. The first-order valence-corrected chi connectivity index (χ1v) is 8.64. The van der Waals surface area contributed by atoms with Gasteiger partial charge in [0.1, 0.15) is 4.90 Å². The molecular weight excluding hydrogens is 354 g/mol. The van der Waals surface area contributed by atoms with E-state index < -0.39 is 10.0 Å². The molecule has 0 unspecified atom stereocenters. The molecule has 0 radical (unpaired) electrons. The zero-order chi connectivity index (χ0) is 15.6. The predicted molar refractivity (Wildman–Crippen MR) is 86.1 cm³/mol. The van der Waals surface area contributed by atoms with Crippen LogP contribution in [0.15, 0.2) is 45.9 Å². The summed E-state index contributed by atoms with van der Waals surface area (Å²) in [6.07, 6.45) is 1.59. The Hall–Kier alpha value is -1.15. The summed E-state index contributed by atoms with van der Waals surface area (Å²) in [6.45, 7) is 0.630. The van der Waals surface area contributed by atoms with Crippen LogP contribution in [0.1, 0.15) is 11.3 Å². The summed E-state index contributed by atoms with van der Waals surface area (Å²) in [5.74, 6) is 0. The first-order chi connectivity index (χ1) is 9.84. The van der Waals surface area contributed by atoms with Gasteiger partial charge >= 0.3 is 0 Å². The van der Waals surface area contributed by atoms with Crippen LogP contribution < -0.4 is 5.73 Å². The van der Waals surface area contributed by atoms with Crippen molar-refractivity contribution in [1.29, 1.82) is 0 Å². The third kappa shape index (κ3) is 3.55. The maximum atomic E-state index is 12.5. The number of aryl methyl sites for hydroxylation is 1. The smallest absolute Gasteiger partial charge is 0.244 e. The Balaban J connectivity index is 2.23. The third-order valence-electron chi connectivity index (χ3n) is 3.32. The fourth-order valence-corrected chi connectivity index (χ4v) is 3.55. The average molecular weight is 372 g/mol. The number of sulfonamides is 1. The second kappa shape index (κ2) is 6.31. The van der Waals surface area contributed by atoms with Crippen molar-refractivity contribution in [3.63, 3.8) is 0 Å². The summed E-state index contributed by atoms with van der Waals surface area (Å²) in [5.41, 5.74) is 7.30. The van der Waals surface area contributed by atoms with Crippen LogP contribution in [0.3, 0.4) is 0 Å². The van der Waals surface area contributed by atoms with E-state index in [9.17, 15) is 8.42 Å². The van der Waals surface area contributed by atoms with E-state index in [1.807, 2.05) is 24.3 Å². The fraction of sp³-hybridized carbons (Fsp3) is 0.286. The second-order valence-corrected chi connectivity index (χ2v) is 7.83. The summed E-state index contributed by atoms with van der Waals surface area (Å²) < 4.78 is 29.1. The normalized spacial score (nSPS) is 12.0. The Bertz CT molecular complexity index is 723. The van der Waals surface area contributed by atoms with Crippen LogP contribution in [0.5, 0.6) is 0 Å². The lowest BCUT2D eigenvalue weighted by Crippen LogP contribution is -2.26. The van der Waals surface area contributed by atoms with Crippen LogP contribution in [0, 0.1) is 0 Å². The van der Waals surface area contributed by atoms with Gasteiger partial charge in [-0.15, -0.1) is 0 Å². The molecule has 0 atom stereocenters. The van der Waals surface area contributed by atoms with Gasteiger partial charge in [0.25, 0.3) is 0 Å². The van der Waals surface area contributed by atoms with Gasteiger partial charge in [-0.25, -0.2) is 8.42 Å². The lowest BCUT2D eigenvalue weighted by Gasteiger charge is -2.16. The van der Waals surface area contributed by atoms with Gasteiger partial charge in [0, 0.05) is 43.5 Å². The summed E-state index contributed by atoms with van der Waals surface area (Å²) in [4.78, 5) is 0.269. The average Bonchev–Trinajstić information content (AvgIpc) is 2.83. The molecule has 1 aromatic heterocycles. The minimum absolute atomic E-state index is 0.269. The van der Waals surface area contributed by atoms with Crippen LogP contribution in [0.25, 0.3) is 0 Å². The zero-order valence-electron chi connectivity index (χ0n) is 12.0. The Labute approximate surface area is 133 Å². The molecule has 2 rings (SSSR count). The van der Waals surface area contributed by atoms with Gasteiger partial charge in [-0.2, -0.15) is 4.31 Å². The largest absolute Gasteiger partial charge is 0.352 e. The van der Waals surface area contributed by atoms with E-state index in [-0.39, 0.29) is 4.90 Å².